The van der Waals surface area contributed by atoms with Crippen LogP contribution >= 0.6 is 0 Å². The first-order chi connectivity index (χ1) is 15.1. The van der Waals surface area contributed by atoms with Gasteiger partial charge in [0.1, 0.15) is 11.5 Å². The Morgan fingerprint density at radius 2 is 1.87 bits per heavy atom. The highest BCUT2D eigenvalue weighted by atomic mass is 16.5. The second kappa shape index (κ2) is 9.55. The van der Waals surface area contributed by atoms with Gasteiger partial charge in [-0.3, -0.25) is 9.69 Å². The van der Waals surface area contributed by atoms with Crippen LogP contribution in [0.3, 0.4) is 0 Å². The highest BCUT2D eigenvalue weighted by Crippen LogP contribution is 2.28. The molecule has 0 bridgehead atoms. The molecule has 1 aromatic heterocycles. The van der Waals surface area contributed by atoms with Gasteiger partial charge in [0.2, 0.25) is 0 Å². The van der Waals surface area contributed by atoms with Crippen LogP contribution in [-0.2, 0) is 16.2 Å². The van der Waals surface area contributed by atoms with Crippen molar-refractivity contribution in [2.45, 2.75) is 13.6 Å². The van der Waals surface area contributed by atoms with E-state index in [0.29, 0.717) is 42.8 Å². The van der Waals surface area contributed by atoms with Crippen LogP contribution in [0.15, 0.2) is 48.5 Å². The number of phenolic OH excluding ortho intramolecular Hbond substituents is 1. The summed E-state index contributed by atoms with van der Waals surface area (Å²) < 4.78 is 12.5. The lowest BCUT2D eigenvalue weighted by molar-refractivity contribution is -0.131. The average Bonchev–Trinajstić information content (AvgIpc) is 3.16. The van der Waals surface area contributed by atoms with Gasteiger partial charge < -0.3 is 14.6 Å². The summed E-state index contributed by atoms with van der Waals surface area (Å²) in [6, 6.07) is 14.3. The molecule has 1 aliphatic rings. The van der Waals surface area contributed by atoms with Gasteiger partial charge in [0, 0.05) is 25.6 Å². The summed E-state index contributed by atoms with van der Waals surface area (Å²) in [5.74, 6) is 1.31. The molecule has 1 saturated heterocycles. The van der Waals surface area contributed by atoms with E-state index in [1.807, 2.05) is 24.3 Å². The van der Waals surface area contributed by atoms with Crippen LogP contribution in [0.5, 0.6) is 11.5 Å². The van der Waals surface area contributed by atoms with Crippen molar-refractivity contribution in [3.8, 4) is 22.9 Å². The Bertz CT molecular complexity index is 1090. The van der Waals surface area contributed by atoms with Crippen LogP contribution in [-0.4, -0.2) is 57.0 Å². The second-order valence-electron chi connectivity index (χ2n) is 7.15. The Hall–Kier alpha value is -3.49. The lowest BCUT2D eigenvalue weighted by Gasteiger charge is -2.26. The van der Waals surface area contributed by atoms with E-state index in [2.05, 4.69) is 15.0 Å². The van der Waals surface area contributed by atoms with Gasteiger partial charge in [-0.15, -0.1) is 5.10 Å². The van der Waals surface area contributed by atoms with E-state index in [-0.39, 0.29) is 11.7 Å². The molecule has 0 aliphatic carbocycles. The van der Waals surface area contributed by atoms with E-state index in [0.717, 1.165) is 18.7 Å². The van der Waals surface area contributed by atoms with Gasteiger partial charge in [-0.2, -0.15) is 0 Å². The molecular formula is C23H24N4O4. The summed E-state index contributed by atoms with van der Waals surface area (Å²) in [4.78, 5) is 18.2. The van der Waals surface area contributed by atoms with Crippen molar-refractivity contribution >= 4 is 18.1 Å². The third-order valence-electron chi connectivity index (χ3n) is 4.86. The van der Waals surface area contributed by atoms with Crippen molar-refractivity contribution < 1.29 is 19.4 Å². The van der Waals surface area contributed by atoms with Crippen molar-refractivity contribution in [1.82, 2.24) is 19.7 Å². The Morgan fingerprint density at radius 3 is 2.65 bits per heavy atom. The number of hydrogen-bond donors (Lipinski definition) is 1. The van der Waals surface area contributed by atoms with Gasteiger partial charge in [-0.1, -0.05) is 30.3 Å². The molecule has 0 saturated carbocycles. The molecule has 8 nitrogen and oxygen atoms in total. The number of benzene rings is 2. The van der Waals surface area contributed by atoms with Gasteiger partial charge in [0.15, 0.2) is 11.6 Å². The predicted octanol–water partition coefficient (Wildman–Crippen LogP) is 3.04. The number of hydrogen-bond acceptors (Lipinski definition) is 7. The molecule has 3 aromatic rings. The third-order valence-corrected chi connectivity index (χ3v) is 4.86. The van der Waals surface area contributed by atoms with E-state index < -0.39 is 0 Å². The summed E-state index contributed by atoms with van der Waals surface area (Å²) >= 11 is 0. The molecule has 2 aromatic carbocycles. The van der Waals surface area contributed by atoms with Crippen LogP contribution in [0.2, 0.25) is 0 Å². The first kappa shape index (κ1) is 20.8. The number of phenols is 1. The standard InChI is InChI=1S/C23H24N4O4/c1-17(28)31-21-9-5-2-6-18(21)10-11-22-24-23(19-7-3-4-8-20(19)29)27(25-22)16-26-12-14-30-15-13-26/h2-11,29H,12-16H2,1H3/b11-10+. The number of aromatic hydroxyl groups is 1. The van der Waals surface area contributed by atoms with Crippen molar-refractivity contribution in [3.05, 3.63) is 59.9 Å². The Labute approximate surface area is 180 Å². The second-order valence-corrected chi connectivity index (χ2v) is 7.15. The zero-order chi connectivity index (χ0) is 21.6. The van der Waals surface area contributed by atoms with E-state index in [1.54, 1.807) is 41.1 Å². The zero-order valence-electron chi connectivity index (χ0n) is 17.3. The van der Waals surface area contributed by atoms with Crippen LogP contribution in [0.4, 0.5) is 0 Å². The number of esters is 1. The highest BCUT2D eigenvalue weighted by Gasteiger charge is 2.18. The molecule has 0 amide bonds. The molecule has 0 radical (unpaired) electrons. The smallest absolute Gasteiger partial charge is 0.308 e. The number of nitrogens with zero attached hydrogens (tertiary/aromatic N) is 4. The highest BCUT2D eigenvalue weighted by molar-refractivity contribution is 5.75. The molecular weight excluding hydrogens is 396 g/mol. The molecule has 31 heavy (non-hydrogen) atoms. The average molecular weight is 420 g/mol. The molecule has 160 valence electrons. The lowest BCUT2D eigenvalue weighted by atomic mass is 10.2. The quantitative estimate of drug-likeness (QED) is 0.484. The minimum Gasteiger partial charge on any atom is -0.507 e. The summed E-state index contributed by atoms with van der Waals surface area (Å²) in [6.45, 7) is 4.88. The number of para-hydroxylation sites is 2. The number of rotatable bonds is 6. The van der Waals surface area contributed by atoms with Crippen molar-refractivity contribution in [2.75, 3.05) is 26.3 Å². The zero-order valence-corrected chi connectivity index (χ0v) is 17.3. The summed E-state index contributed by atoms with van der Waals surface area (Å²) in [5, 5.41) is 15.0. The van der Waals surface area contributed by atoms with Gasteiger partial charge >= 0.3 is 5.97 Å². The molecule has 2 heterocycles. The molecule has 0 spiro atoms. The monoisotopic (exact) mass is 420 g/mol. The molecule has 0 unspecified atom stereocenters. The van der Waals surface area contributed by atoms with Gasteiger partial charge in [0.05, 0.1) is 25.4 Å². The fraction of sp³-hybridized carbons (Fsp3) is 0.261. The Morgan fingerprint density at radius 1 is 1.13 bits per heavy atom. The number of aromatic nitrogens is 3. The largest absolute Gasteiger partial charge is 0.507 e. The summed E-state index contributed by atoms with van der Waals surface area (Å²) in [5.41, 5.74) is 1.36. The minimum atomic E-state index is -0.379. The van der Waals surface area contributed by atoms with Gasteiger partial charge in [0.25, 0.3) is 0 Å². The number of morpholine rings is 1. The Kier molecular flexibility index (Phi) is 6.40. The first-order valence-corrected chi connectivity index (χ1v) is 10.1. The first-order valence-electron chi connectivity index (χ1n) is 10.1. The molecule has 1 aliphatic heterocycles. The minimum absolute atomic E-state index is 0.147. The lowest BCUT2D eigenvalue weighted by Crippen LogP contribution is -2.37. The SMILES string of the molecule is CC(=O)Oc1ccccc1/C=C/c1nc(-c2ccccc2O)n(CN2CCOCC2)n1. The molecule has 1 fully saturated rings. The molecule has 1 N–H and O–H groups in total. The molecule has 4 rings (SSSR count). The topological polar surface area (TPSA) is 89.7 Å². The van der Waals surface area contributed by atoms with E-state index in [9.17, 15) is 9.90 Å². The van der Waals surface area contributed by atoms with Crippen molar-refractivity contribution in [2.24, 2.45) is 0 Å². The van der Waals surface area contributed by atoms with Crippen LogP contribution in [0.1, 0.15) is 18.3 Å². The molecule has 8 heteroatoms. The van der Waals surface area contributed by atoms with Crippen LogP contribution < -0.4 is 4.74 Å². The summed E-state index contributed by atoms with van der Waals surface area (Å²) in [7, 11) is 0. The molecule has 0 atom stereocenters. The predicted molar refractivity (Wildman–Crippen MR) is 116 cm³/mol. The number of ether oxygens (including phenoxy) is 2. The third kappa shape index (κ3) is 5.17. The van der Waals surface area contributed by atoms with E-state index in [1.165, 1.54) is 6.92 Å². The van der Waals surface area contributed by atoms with E-state index in [4.69, 9.17) is 9.47 Å². The summed E-state index contributed by atoms with van der Waals surface area (Å²) in [6.07, 6.45) is 3.57. The maximum absolute atomic E-state index is 11.4. The van der Waals surface area contributed by atoms with Crippen molar-refractivity contribution in [1.29, 1.82) is 0 Å². The van der Waals surface area contributed by atoms with Crippen LogP contribution in [0, 0.1) is 0 Å². The fourth-order valence-electron chi connectivity index (χ4n) is 3.35. The Balaban J connectivity index is 1.66. The number of carbonyl (C=O) groups excluding carboxylic acids is 1. The van der Waals surface area contributed by atoms with E-state index >= 15 is 0 Å². The van der Waals surface area contributed by atoms with Crippen molar-refractivity contribution in [3.63, 3.8) is 0 Å². The van der Waals surface area contributed by atoms with Gasteiger partial charge in [-0.25, -0.2) is 9.67 Å². The maximum Gasteiger partial charge on any atom is 0.308 e. The fourth-order valence-corrected chi connectivity index (χ4v) is 3.35. The van der Waals surface area contributed by atoms with Crippen LogP contribution in [0.25, 0.3) is 23.5 Å². The number of carbonyl (C=O) groups is 1. The van der Waals surface area contributed by atoms with Gasteiger partial charge in [-0.05, 0) is 30.4 Å². The maximum atomic E-state index is 11.4. The normalized spacial score (nSPS) is 14.7.